The number of piperidine rings is 1. The lowest BCUT2D eigenvalue weighted by atomic mass is 9.73. The third kappa shape index (κ3) is 5.78. The lowest BCUT2D eigenvalue weighted by Gasteiger charge is -2.46. The zero-order valence-corrected chi connectivity index (χ0v) is 22.4. The molecule has 1 saturated carbocycles. The van der Waals surface area contributed by atoms with Gasteiger partial charge in [-0.25, -0.2) is 22.5 Å². The highest BCUT2D eigenvalue weighted by Crippen LogP contribution is 2.47. The lowest BCUT2D eigenvalue weighted by molar-refractivity contribution is -0.223. The summed E-state index contributed by atoms with van der Waals surface area (Å²) in [4.78, 5) is 31.2. The van der Waals surface area contributed by atoms with Crippen molar-refractivity contribution in [1.82, 2.24) is 14.5 Å². The van der Waals surface area contributed by atoms with Crippen molar-refractivity contribution in [3.63, 3.8) is 0 Å². The summed E-state index contributed by atoms with van der Waals surface area (Å²) in [7, 11) is 0. The highest BCUT2D eigenvalue weighted by Gasteiger charge is 2.58. The fourth-order valence-electron chi connectivity index (χ4n) is 5.69. The molecule has 1 aromatic heterocycles. The number of anilines is 1. The first-order valence-corrected chi connectivity index (χ1v) is 13.4. The van der Waals surface area contributed by atoms with Crippen LogP contribution < -0.4 is 16.0 Å². The van der Waals surface area contributed by atoms with Crippen LogP contribution >= 0.6 is 0 Å². The van der Waals surface area contributed by atoms with Crippen molar-refractivity contribution in [2.75, 3.05) is 18.8 Å². The summed E-state index contributed by atoms with van der Waals surface area (Å²) < 4.78 is 65.8. The number of aliphatic hydroxyl groups is 1. The van der Waals surface area contributed by atoms with Crippen LogP contribution in [0.15, 0.2) is 65.7 Å². The lowest BCUT2D eigenvalue weighted by Crippen LogP contribution is -2.64. The molecule has 13 heteroatoms. The molecule has 0 unspecified atom stereocenters. The van der Waals surface area contributed by atoms with Gasteiger partial charge in [0.1, 0.15) is 23.4 Å². The van der Waals surface area contributed by atoms with E-state index in [1.165, 1.54) is 24.3 Å². The summed E-state index contributed by atoms with van der Waals surface area (Å²) in [5, 5.41) is 20.6. The fourth-order valence-corrected chi connectivity index (χ4v) is 5.69. The average Bonchev–Trinajstić information content (AvgIpc) is 2.94. The number of nitrogen functional groups attached to an aromatic ring is 1. The summed E-state index contributed by atoms with van der Waals surface area (Å²) >= 11 is 0. The van der Waals surface area contributed by atoms with E-state index in [4.69, 9.17) is 10.5 Å². The van der Waals surface area contributed by atoms with Crippen LogP contribution in [0.1, 0.15) is 37.2 Å². The molecule has 224 valence electrons. The minimum Gasteiger partial charge on any atom is -0.508 e. The number of carbonyl (C=O) groups excluding carboxylic acids is 1. The van der Waals surface area contributed by atoms with Gasteiger partial charge in [-0.2, -0.15) is 0 Å². The molecule has 5 rings (SSSR count). The summed E-state index contributed by atoms with van der Waals surface area (Å²) in [6.07, 6.45) is -0.921. The van der Waals surface area contributed by atoms with Crippen LogP contribution in [0, 0.1) is 5.92 Å². The van der Waals surface area contributed by atoms with Crippen molar-refractivity contribution in [2.45, 2.75) is 55.6 Å². The van der Waals surface area contributed by atoms with Gasteiger partial charge in [0.25, 0.3) is 11.5 Å². The van der Waals surface area contributed by atoms with E-state index in [0.29, 0.717) is 5.56 Å². The van der Waals surface area contributed by atoms with Crippen molar-refractivity contribution in [1.29, 1.82) is 0 Å². The average molecular weight is 591 g/mol. The van der Waals surface area contributed by atoms with E-state index >= 15 is 8.78 Å². The molecule has 1 amide bonds. The Morgan fingerprint density at radius 2 is 1.83 bits per heavy atom. The molecule has 2 aromatic carbocycles. The maximum Gasteiger partial charge on any atom is 0.295 e. The van der Waals surface area contributed by atoms with Crippen molar-refractivity contribution >= 4 is 11.6 Å². The van der Waals surface area contributed by atoms with Gasteiger partial charge in [-0.05, 0) is 24.1 Å². The Balaban J connectivity index is 1.32. The molecule has 1 aliphatic carbocycles. The third-order valence-corrected chi connectivity index (χ3v) is 8.05. The minimum absolute atomic E-state index is 0.106. The van der Waals surface area contributed by atoms with Crippen LogP contribution in [0.5, 0.6) is 17.4 Å². The van der Waals surface area contributed by atoms with Crippen LogP contribution in [-0.4, -0.2) is 61.1 Å². The van der Waals surface area contributed by atoms with Gasteiger partial charge in [0.15, 0.2) is 5.69 Å². The van der Waals surface area contributed by atoms with E-state index in [1.54, 1.807) is 30.3 Å². The molecule has 1 saturated heterocycles. The largest absolute Gasteiger partial charge is 0.508 e. The van der Waals surface area contributed by atoms with Gasteiger partial charge in [0.05, 0.1) is 13.1 Å². The number of rotatable bonds is 6. The first kappa shape index (κ1) is 29.4. The Morgan fingerprint density at radius 3 is 2.52 bits per heavy atom. The molecule has 9 nitrogen and oxygen atoms in total. The summed E-state index contributed by atoms with van der Waals surface area (Å²) in [6.45, 7) is -2.28. The molecule has 2 fully saturated rings. The second kappa shape index (κ2) is 10.9. The second-order valence-electron chi connectivity index (χ2n) is 11.0. The third-order valence-electron chi connectivity index (χ3n) is 8.05. The normalized spacial score (nSPS) is 25.1. The first-order chi connectivity index (χ1) is 19.8. The number of hydrogen-bond donors (Lipinski definition) is 3. The van der Waals surface area contributed by atoms with E-state index in [1.807, 2.05) is 0 Å². The Hall–Kier alpha value is -4.13. The highest BCUT2D eigenvalue weighted by atomic mass is 19.3. The fraction of sp³-hybridized carbons (Fsp3) is 0.414. The van der Waals surface area contributed by atoms with Gasteiger partial charge in [0, 0.05) is 43.7 Å². The van der Waals surface area contributed by atoms with Gasteiger partial charge in [0.2, 0.25) is 17.7 Å². The van der Waals surface area contributed by atoms with Crippen molar-refractivity contribution < 1.29 is 37.3 Å². The van der Waals surface area contributed by atoms with Crippen molar-refractivity contribution in [3.8, 4) is 17.4 Å². The Bertz CT molecular complexity index is 1520. The van der Waals surface area contributed by atoms with Gasteiger partial charge in [-0.1, -0.05) is 36.4 Å². The number of aromatic nitrogens is 2. The number of alkyl halides is 4. The summed E-state index contributed by atoms with van der Waals surface area (Å²) in [5.74, 6) is -9.55. The van der Waals surface area contributed by atoms with E-state index in [-0.39, 0.29) is 30.3 Å². The number of carbonyl (C=O) groups is 1. The van der Waals surface area contributed by atoms with Crippen LogP contribution in [0.25, 0.3) is 0 Å². The molecule has 1 aliphatic heterocycles. The predicted molar refractivity (Wildman–Crippen MR) is 144 cm³/mol. The predicted octanol–water partition coefficient (Wildman–Crippen LogP) is 4.14. The molecule has 0 spiro atoms. The number of aromatic hydroxyl groups is 1. The van der Waals surface area contributed by atoms with Gasteiger partial charge in [-0.15, -0.1) is 0 Å². The topological polar surface area (TPSA) is 131 Å². The van der Waals surface area contributed by atoms with Crippen LogP contribution in [0.2, 0.25) is 0 Å². The Morgan fingerprint density at radius 1 is 1.10 bits per heavy atom. The smallest absolute Gasteiger partial charge is 0.295 e. The minimum atomic E-state index is -3.85. The van der Waals surface area contributed by atoms with E-state index in [2.05, 4.69) is 4.98 Å². The number of phenolic OH excluding ortho intramolecular Hbond substituents is 1. The maximum absolute atomic E-state index is 15.5. The standard InChI is InChI=1S/C29H30F4N4O5/c30-28(31)10-9-21(22(14-28)18-5-2-1-3-6-18)25(39)36-12-11-27(41,29(32,33)16-36)15-37-17-35-24(23(34)26(37)40)42-20-8-4-7-19(38)13-20/h1-8,13,17,21-22,38,41H,9-12,14-16,34H2/t21-,22+,27-/m1/s1. The molecule has 42 heavy (non-hydrogen) atoms. The molecule has 2 aliphatic rings. The number of amides is 1. The number of likely N-dealkylation sites (tertiary alicyclic amines) is 1. The van der Waals surface area contributed by atoms with E-state index in [9.17, 15) is 28.6 Å². The number of halogens is 4. The molecule has 0 bridgehead atoms. The molecule has 3 aromatic rings. The number of nitrogens with two attached hydrogens (primary N) is 1. The van der Waals surface area contributed by atoms with E-state index in [0.717, 1.165) is 15.8 Å². The number of ether oxygens (including phenoxy) is 1. The number of benzene rings is 2. The molecular formula is C29H30F4N4O5. The van der Waals surface area contributed by atoms with E-state index < -0.39 is 78.8 Å². The second-order valence-corrected chi connectivity index (χ2v) is 11.0. The van der Waals surface area contributed by atoms with Gasteiger partial charge in [-0.3, -0.25) is 14.2 Å². The maximum atomic E-state index is 15.5. The highest BCUT2D eigenvalue weighted by molar-refractivity contribution is 5.80. The Kier molecular flexibility index (Phi) is 7.64. The van der Waals surface area contributed by atoms with Gasteiger partial charge >= 0.3 is 0 Å². The van der Waals surface area contributed by atoms with Crippen molar-refractivity contribution in [2.24, 2.45) is 5.92 Å². The SMILES string of the molecule is Nc1c(Oc2cccc(O)c2)ncn(C[C@]2(O)CCN(C(=O)[C@@H]3CCC(F)(F)C[C@H]3c3ccccc3)CC2(F)F)c1=O. The summed E-state index contributed by atoms with van der Waals surface area (Å²) in [6, 6.07) is 14.0. The van der Waals surface area contributed by atoms with Crippen LogP contribution in [-0.2, 0) is 11.3 Å². The van der Waals surface area contributed by atoms with Crippen LogP contribution in [0.3, 0.4) is 0 Å². The first-order valence-electron chi connectivity index (χ1n) is 13.4. The zero-order chi connectivity index (χ0) is 30.3. The number of hydrogen-bond acceptors (Lipinski definition) is 7. The van der Waals surface area contributed by atoms with Crippen LogP contribution in [0.4, 0.5) is 23.2 Å². The molecule has 3 atom stereocenters. The summed E-state index contributed by atoms with van der Waals surface area (Å²) in [5.41, 5.74) is 2.23. The number of nitrogens with zero attached hydrogens (tertiary/aromatic N) is 3. The molecule has 4 N–H and O–H groups in total. The quantitative estimate of drug-likeness (QED) is 0.368. The number of phenols is 1. The molecular weight excluding hydrogens is 560 g/mol. The van der Waals surface area contributed by atoms with Gasteiger partial charge < -0.3 is 25.6 Å². The monoisotopic (exact) mass is 590 g/mol. The molecule has 2 heterocycles. The van der Waals surface area contributed by atoms with Crippen molar-refractivity contribution in [3.05, 3.63) is 76.8 Å². The Labute approximate surface area is 238 Å². The molecule has 0 radical (unpaired) electrons. The zero-order valence-electron chi connectivity index (χ0n) is 22.4.